The molecule has 4 rings (SSSR count). The number of nitrogens with zero attached hydrogens (tertiary/aromatic N) is 3. The number of thiophene rings is 1. The van der Waals surface area contributed by atoms with Crippen LogP contribution in [0.3, 0.4) is 0 Å². The molecule has 0 unspecified atom stereocenters. The van der Waals surface area contributed by atoms with E-state index in [4.69, 9.17) is 0 Å². The minimum absolute atomic E-state index is 0.649. The Labute approximate surface area is 121 Å². The largest absolute Gasteiger partial charge is 0.298 e. The summed E-state index contributed by atoms with van der Waals surface area (Å²) >= 11 is 3.72. The lowest BCUT2D eigenvalue weighted by Gasteiger charge is -2.10. The second kappa shape index (κ2) is 4.94. The summed E-state index contributed by atoms with van der Waals surface area (Å²) in [7, 11) is 0. The van der Waals surface area contributed by atoms with Crippen LogP contribution in [0, 0.1) is 0 Å². The maximum Gasteiger partial charge on any atom is 0.192 e. The molecular formula is C14H17N3S2. The van der Waals surface area contributed by atoms with Gasteiger partial charge in [0.05, 0.1) is 4.88 Å². The van der Waals surface area contributed by atoms with Crippen molar-refractivity contribution in [1.29, 1.82) is 0 Å². The van der Waals surface area contributed by atoms with Crippen LogP contribution in [0.5, 0.6) is 0 Å². The van der Waals surface area contributed by atoms with Gasteiger partial charge in [-0.25, -0.2) is 0 Å². The third-order valence-electron chi connectivity index (χ3n) is 3.89. The van der Waals surface area contributed by atoms with Crippen LogP contribution in [0.2, 0.25) is 0 Å². The molecule has 0 saturated heterocycles. The molecule has 2 aromatic heterocycles. The van der Waals surface area contributed by atoms with E-state index in [1.165, 1.54) is 43.4 Å². The smallest absolute Gasteiger partial charge is 0.192 e. The molecule has 0 atom stereocenters. The van der Waals surface area contributed by atoms with Crippen molar-refractivity contribution in [3.63, 3.8) is 0 Å². The summed E-state index contributed by atoms with van der Waals surface area (Å²) in [5.41, 5.74) is 0. The Bertz CT molecular complexity index is 551. The van der Waals surface area contributed by atoms with Gasteiger partial charge in [-0.1, -0.05) is 30.7 Å². The Morgan fingerprint density at radius 2 is 2.00 bits per heavy atom. The summed E-state index contributed by atoms with van der Waals surface area (Å²) in [6, 6.07) is 4.89. The Balaban J connectivity index is 1.67. The molecule has 2 saturated carbocycles. The first-order valence-corrected chi connectivity index (χ1v) is 8.83. The molecule has 0 spiro atoms. The highest BCUT2D eigenvalue weighted by Gasteiger charge is 2.31. The van der Waals surface area contributed by atoms with Crippen molar-refractivity contribution in [2.24, 2.45) is 0 Å². The van der Waals surface area contributed by atoms with Gasteiger partial charge < -0.3 is 0 Å². The van der Waals surface area contributed by atoms with Gasteiger partial charge in [0.2, 0.25) is 0 Å². The van der Waals surface area contributed by atoms with Gasteiger partial charge in [0.25, 0.3) is 0 Å². The minimum atomic E-state index is 0.649. The fraction of sp³-hybridized carbons (Fsp3) is 0.571. The lowest BCUT2D eigenvalue weighted by atomic mass is 10.4. The van der Waals surface area contributed by atoms with Crippen LogP contribution < -0.4 is 0 Å². The van der Waals surface area contributed by atoms with Gasteiger partial charge in [-0.2, -0.15) is 0 Å². The van der Waals surface area contributed by atoms with Crippen LogP contribution in [0.4, 0.5) is 0 Å². The first kappa shape index (κ1) is 12.0. The summed E-state index contributed by atoms with van der Waals surface area (Å²) in [4.78, 5) is 1.25. The summed E-state index contributed by atoms with van der Waals surface area (Å²) in [5.74, 6) is 1.08. The van der Waals surface area contributed by atoms with Gasteiger partial charge in [0.15, 0.2) is 11.0 Å². The first-order valence-electron chi connectivity index (χ1n) is 7.07. The van der Waals surface area contributed by atoms with E-state index in [-0.39, 0.29) is 0 Å². The van der Waals surface area contributed by atoms with Crippen molar-refractivity contribution in [3.8, 4) is 10.7 Å². The fourth-order valence-corrected chi connectivity index (χ4v) is 4.76. The van der Waals surface area contributed by atoms with Gasteiger partial charge in [-0.3, -0.25) is 4.57 Å². The van der Waals surface area contributed by atoms with Crippen LogP contribution >= 0.6 is 23.1 Å². The average molecular weight is 291 g/mol. The van der Waals surface area contributed by atoms with Gasteiger partial charge in [-0.15, -0.1) is 21.5 Å². The lowest BCUT2D eigenvalue weighted by Crippen LogP contribution is -2.02. The molecule has 2 heterocycles. The third kappa shape index (κ3) is 2.34. The standard InChI is InChI=1S/C14H17N3S2/c1-2-5-11(4-1)19-14-16-15-13(12-6-3-9-18-12)17(14)10-7-8-10/h3,6,9-11H,1-2,4-5,7-8H2. The Morgan fingerprint density at radius 3 is 2.68 bits per heavy atom. The van der Waals surface area contributed by atoms with Crippen molar-refractivity contribution >= 4 is 23.1 Å². The summed E-state index contributed by atoms with van der Waals surface area (Å²) < 4.78 is 2.40. The van der Waals surface area contributed by atoms with Crippen molar-refractivity contribution in [2.45, 2.75) is 55.0 Å². The molecule has 2 aromatic rings. The van der Waals surface area contributed by atoms with E-state index in [1.54, 1.807) is 11.3 Å². The molecule has 2 aliphatic rings. The number of rotatable bonds is 4. The molecule has 100 valence electrons. The molecule has 0 aromatic carbocycles. The molecule has 2 aliphatic carbocycles. The molecule has 0 bridgehead atoms. The van der Waals surface area contributed by atoms with Crippen LogP contribution in [-0.2, 0) is 0 Å². The molecule has 0 N–H and O–H groups in total. The SMILES string of the molecule is c1csc(-c2nnc(SC3CCCC3)n2C2CC2)c1. The summed E-state index contributed by atoms with van der Waals surface area (Å²) in [6.45, 7) is 0. The van der Waals surface area contributed by atoms with Crippen LogP contribution in [0.1, 0.15) is 44.6 Å². The molecular weight excluding hydrogens is 274 g/mol. The highest BCUT2D eigenvalue weighted by Crippen LogP contribution is 2.43. The topological polar surface area (TPSA) is 30.7 Å². The highest BCUT2D eigenvalue weighted by molar-refractivity contribution is 7.99. The number of hydrogen-bond donors (Lipinski definition) is 0. The molecule has 3 nitrogen and oxygen atoms in total. The molecule has 0 aliphatic heterocycles. The quantitative estimate of drug-likeness (QED) is 0.837. The zero-order chi connectivity index (χ0) is 12.7. The van der Waals surface area contributed by atoms with Gasteiger partial charge in [0.1, 0.15) is 0 Å². The molecule has 5 heteroatoms. The van der Waals surface area contributed by atoms with Gasteiger partial charge in [-0.05, 0) is 37.1 Å². The highest BCUT2D eigenvalue weighted by atomic mass is 32.2. The van der Waals surface area contributed by atoms with E-state index in [2.05, 4.69) is 32.3 Å². The second-order valence-electron chi connectivity index (χ2n) is 5.41. The molecule has 0 amide bonds. The Morgan fingerprint density at radius 1 is 1.16 bits per heavy atom. The summed E-state index contributed by atoms with van der Waals surface area (Å²) in [5, 5.41) is 13.0. The summed E-state index contributed by atoms with van der Waals surface area (Å²) in [6.07, 6.45) is 8.02. The van der Waals surface area contributed by atoms with Crippen LogP contribution in [0.15, 0.2) is 22.7 Å². The lowest BCUT2D eigenvalue weighted by molar-refractivity contribution is 0.667. The van der Waals surface area contributed by atoms with Crippen LogP contribution in [0.25, 0.3) is 10.7 Å². The monoisotopic (exact) mass is 291 g/mol. The number of hydrogen-bond acceptors (Lipinski definition) is 4. The van der Waals surface area contributed by atoms with Crippen molar-refractivity contribution in [3.05, 3.63) is 17.5 Å². The Kier molecular flexibility index (Phi) is 3.11. The second-order valence-corrected chi connectivity index (χ2v) is 7.62. The van der Waals surface area contributed by atoms with Gasteiger partial charge in [0, 0.05) is 11.3 Å². The number of thioether (sulfide) groups is 1. The van der Waals surface area contributed by atoms with E-state index >= 15 is 0 Å². The number of aromatic nitrogens is 3. The zero-order valence-electron chi connectivity index (χ0n) is 10.8. The molecule has 0 radical (unpaired) electrons. The zero-order valence-corrected chi connectivity index (χ0v) is 12.4. The predicted molar refractivity (Wildman–Crippen MR) is 79.7 cm³/mol. The van der Waals surface area contributed by atoms with E-state index in [9.17, 15) is 0 Å². The molecule has 19 heavy (non-hydrogen) atoms. The third-order valence-corrected chi connectivity index (χ3v) is 6.05. The fourth-order valence-electron chi connectivity index (χ4n) is 2.75. The maximum absolute atomic E-state index is 4.48. The average Bonchev–Trinajstić information content (AvgIpc) is 2.91. The van der Waals surface area contributed by atoms with Crippen molar-refractivity contribution in [2.75, 3.05) is 0 Å². The first-order chi connectivity index (χ1) is 9.42. The van der Waals surface area contributed by atoms with Gasteiger partial charge >= 0.3 is 0 Å². The van der Waals surface area contributed by atoms with E-state index in [1.807, 2.05) is 11.8 Å². The maximum atomic E-state index is 4.48. The normalized spacial score (nSPS) is 20.2. The van der Waals surface area contributed by atoms with E-state index in [0.29, 0.717) is 6.04 Å². The van der Waals surface area contributed by atoms with E-state index < -0.39 is 0 Å². The van der Waals surface area contributed by atoms with Crippen molar-refractivity contribution < 1.29 is 0 Å². The van der Waals surface area contributed by atoms with Crippen LogP contribution in [-0.4, -0.2) is 20.0 Å². The van der Waals surface area contributed by atoms with E-state index in [0.717, 1.165) is 16.2 Å². The Hall–Kier alpha value is -0.810. The predicted octanol–water partition coefficient (Wildman–Crippen LogP) is 4.38. The minimum Gasteiger partial charge on any atom is -0.298 e. The van der Waals surface area contributed by atoms with Crippen molar-refractivity contribution in [1.82, 2.24) is 14.8 Å². The molecule has 2 fully saturated rings.